The van der Waals surface area contributed by atoms with Crippen molar-refractivity contribution < 1.29 is 23.5 Å². The standard InChI is InChI=1S/C22H20N4O3.C20H20N4O2S/c1-2-28-21-18-12-16(9-10-19(18)25-22(23)26-21)14-5-7-15(8-6-14)20(27)24-13-17-4-3-11-29-17;1-2-26-18-16-11-15(7-8-17(16)22-20(21)23-18)13-3-5-14(6-4-13)19(25)24-9-10-27-12-24/h3-12H,2,13H2,1H3,(H,24,27)(H2,23,25,26);3-8,11H,2,9-10,12H2,1H3,(H2,21,22,23). The molecule has 284 valence electrons. The van der Waals surface area contributed by atoms with E-state index < -0.39 is 0 Å². The molecule has 8 rings (SSSR count). The van der Waals surface area contributed by atoms with E-state index in [1.807, 2.05) is 97.6 Å². The summed E-state index contributed by atoms with van der Waals surface area (Å²) in [5.74, 6) is 3.75. The van der Waals surface area contributed by atoms with Crippen LogP contribution >= 0.6 is 11.8 Å². The van der Waals surface area contributed by atoms with Crippen molar-refractivity contribution in [2.75, 3.05) is 42.9 Å². The summed E-state index contributed by atoms with van der Waals surface area (Å²) in [6, 6.07) is 30.4. The molecule has 0 spiro atoms. The van der Waals surface area contributed by atoms with E-state index in [1.165, 1.54) is 0 Å². The van der Waals surface area contributed by atoms with Gasteiger partial charge in [-0.05, 0) is 96.8 Å². The Balaban J connectivity index is 0.000000172. The van der Waals surface area contributed by atoms with E-state index in [2.05, 4.69) is 25.3 Å². The molecule has 2 amide bonds. The molecule has 1 aliphatic heterocycles. The van der Waals surface area contributed by atoms with E-state index >= 15 is 0 Å². The number of furan rings is 1. The summed E-state index contributed by atoms with van der Waals surface area (Å²) in [5, 5.41) is 4.44. The number of hydrogen-bond donors (Lipinski definition) is 3. The molecule has 13 nitrogen and oxygen atoms in total. The first-order chi connectivity index (χ1) is 27.3. The van der Waals surface area contributed by atoms with Gasteiger partial charge in [0, 0.05) is 23.4 Å². The molecule has 5 N–H and O–H groups in total. The van der Waals surface area contributed by atoms with Crippen LogP contribution in [0.25, 0.3) is 44.1 Å². The first kappa shape index (κ1) is 37.6. The molecule has 4 heterocycles. The number of hydrogen-bond acceptors (Lipinski definition) is 12. The molecule has 0 aliphatic carbocycles. The number of benzene rings is 4. The van der Waals surface area contributed by atoms with Crippen LogP contribution in [0, 0.1) is 0 Å². The van der Waals surface area contributed by atoms with Crippen molar-refractivity contribution in [1.82, 2.24) is 30.2 Å². The number of amides is 2. The Morgan fingerprint density at radius 1 is 0.732 bits per heavy atom. The van der Waals surface area contributed by atoms with Crippen molar-refractivity contribution in [3.05, 3.63) is 120 Å². The second-order valence-corrected chi connectivity index (χ2v) is 13.7. The number of nitrogens with one attached hydrogen (secondary N) is 1. The van der Waals surface area contributed by atoms with Gasteiger partial charge in [-0.25, -0.2) is 9.97 Å². The molecule has 56 heavy (non-hydrogen) atoms. The highest BCUT2D eigenvalue weighted by molar-refractivity contribution is 7.99. The maximum atomic E-state index is 12.5. The van der Waals surface area contributed by atoms with Gasteiger partial charge in [0.25, 0.3) is 11.8 Å². The Kier molecular flexibility index (Phi) is 11.6. The predicted molar refractivity (Wildman–Crippen MR) is 219 cm³/mol. The summed E-state index contributed by atoms with van der Waals surface area (Å²) in [6.45, 7) is 5.95. The van der Waals surface area contributed by atoms with Crippen LogP contribution in [-0.4, -0.2) is 68.0 Å². The topological polar surface area (TPSA) is 185 Å². The van der Waals surface area contributed by atoms with Crippen molar-refractivity contribution in [1.29, 1.82) is 0 Å². The van der Waals surface area contributed by atoms with Crippen LogP contribution in [0.5, 0.6) is 11.8 Å². The van der Waals surface area contributed by atoms with Crippen molar-refractivity contribution in [2.24, 2.45) is 0 Å². The number of nitrogen functional groups attached to an aromatic ring is 2. The van der Waals surface area contributed by atoms with Gasteiger partial charge in [-0.1, -0.05) is 36.4 Å². The molecule has 1 aliphatic rings. The SMILES string of the molecule is CCOc1nc(N)nc2ccc(-c3ccc(C(=O)N4CCSC4)cc3)cc12.CCOc1nc(N)nc2ccc(-c3ccc(C(=O)NCc4ccco4)cc3)cc12. The summed E-state index contributed by atoms with van der Waals surface area (Å²) in [4.78, 5) is 43.6. The Morgan fingerprint density at radius 2 is 1.27 bits per heavy atom. The van der Waals surface area contributed by atoms with Crippen LogP contribution < -0.4 is 26.3 Å². The number of nitrogens with zero attached hydrogens (tertiary/aromatic N) is 5. The molecule has 1 fully saturated rings. The second kappa shape index (κ2) is 17.2. The van der Waals surface area contributed by atoms with Gasteiger partial charge in [-0.3, -0.25) is 9.59 Å². The number of carbonyl (C=O) groups excluding carboxylic acids is 2. The van der Waals surface area contributed by atoms with Crippen molar-refractivity contribution >= 4 is 57.3 Å². The molecule has 1 saturated heterocycles. The summed E-state index contributed by atoms with van der Waals surface area (Å²) >= 11 is 1.79. The lowest BCUT2D eigenvalue weighted by molar-refractivity contribution is 0.0802. The highest BCUT2D eigenvalue weighted by Gasteiger charge is 2.20. The molecule has 4 aromatic carbocycles. The Bertz CT molecular complexity index is 2470. The van der Waals surface area contributed by atoms with Gasteiger partial charge in [-0.15, -0.1) is 11.8 Å². The van der Waals surface area contributed by atoms with Gasteiger partial charge >= 0.3 is 0 Å². The third-order valence-corrected chi connectivity index (χ3v) is 9.87. The predicted octanol–water partition coefficient (Wildman–Crippen LogP) is 7.22. The number of nitrogens with two attached hydrogens (primary N) is 2. The highest BCUT2D eigenvalue weighted by Crippen LogP contribution is 2.31. The second-order valence-electron chi connectivity index (χ2n) is 12.6. The number of thioether (sulfide) groups is 1. The summed E-state index contributed by atoms with van der Waals surface area (Å²) in [7, 11) is 0. The molecule has 0 atom stereocenters. The van der Waals surface area contributed by atoms with Crippen LogP contribution in [0.2, 0.25) is 0 Å². The number of anilines is 2. The molecule has 0 radical (unpaired) electrons. The first-order valence-electron chi connectivity index (χ1n) is 18.1. The van der Waals surface area contributed by atoms with E-state index in [4.69, 9.17) is 25.4 Å². The van der Waals surface area contributed by atoms with Gasteiger partial charge in [0.05, 0.1) is 53.7 Å². The lowest BCUT2D eigenvalue weighted by Crippen LogP contribution is -2.27. The minimum atomic E-state index is -0.158. The number of rotatable bonds is 10. The molecule has 14 heteroatoms. The highest BCUT2D eigenvalue weighted by atomic mass is 32.2. The molecule has 0 bridgehead atoms. The van der Waals surface area contributed by atoms with Crippen LogP contribution in [-0.2, 0) is 6.54 Å². The Labute approximate surface area is 327 Å². The van der Waals surface area contributed by atoms with Crippen molar-refractivity contribution in [3.63, 3.8) is 0 Å². The monoisotopic (exact) mass is 768 g/mol. The van der Waals surface area contributed by atoms with E-state index in [-0.39, 0.29) is 23.7 Å². The van der Waals surface area contributed by atoms with E-state index in [0.29, 0.717) is 48.4 Å². The fraction of sp³-hybridized carbons (Fsp3) is 0.190. The van der Waals surface area contributed by atoms with E-state index in [0.717, 1.165) is 62.2 Å². The molecule has 7 aromatic rings. The fourth-order valence-corrected chi connectivity index (χ4v) is 7.09. The lowest BCUT2D eigenvalue weighted by atomic mass is 10.0. The number of carbonyl (C=O) groups is 2. The zero-order chi connectivity index (χ0) is 39.0. The van der Waals surface area contributed by atoms with Gasteiger partial charge in [0.2, 0.25) is 23.7 Å². The maximum Gasteiger partial charge on any atom is 0.254 e. The summed E-state index contributed by atoms with van der Waals surface area (Å²) in [5.41, 5.74) is 18.2. The molecular formula is C42H40N8O5S. The van der Waals surface area contributed by atoms with E-state index in [1.54, 1.807) is 36.2 Å². The van der Waals surface area contributed by atoms with Crippen LogP contribution in [0.3, 0.4) is 0 Å². The quantitative estimate of drug-likeness (QED) is 0.127. The fourth-order valence-electron chi connectivity index (χ4n) is 6.15. The van der Waals surface area contributed by atoms with Crippen molar-refractivity contribution in [3.8, 4) is 34.0 Å². The Hall–Kier alpha value is -6.67. The number of aromatic nitrogens is 4. The summed E-state index contributed by atoms with van der Waals surface area (Å²) < 4.78 is 16.4. The van der Waals surface area contributed by atoms with Gasteiger partial charge in [0.15, 0.2) is 0 Å². The summed E-state index contributed by atoms with van der Waals surface area (Å²) in [6.07, 6.45) is 1.58. The largest absolute Gasteiger partial charge is 0.477 e. The molecule has 3 aromatic heterocycles. The first-order valence-corrected chi connectivity index (χ1v) is 19.2. The van der Waals surface area contributed by atoms with Gasteiger partial charge in [0.1, 0.15) is 5.76 Å². The number of fused-ring (bicyclic) bond motifs is 2. The minimum absolute atomic E-state index is 0.0903. The van der Waals surface area contributed by atoms with Gasteiger partial charge in [-0.2, -0.15) is 9.97 Å². The zero-order valence-electron chi connectivity index (χ0n) is 30.9. The Morgan fingerprint density at radius 3 is 1.75 bits per heavy atom. The molecule has 0 unspecified atom stereocenters. The van der Waals surface area contributed by atoms with E-state index in [9.17, 15) is 9.59 Å². The van der Waals surface area contributed by atoms with Crippen LogP contribution in [0.1, 0.15) is 40.3 Å². The van der Waals surface area contributed by atoms with Crippen molar-refractivity contribution in [2.45, 2.75) is 20.4 Å². The smallest absolute Gasteiger partial charge is 0.254 e. The van der Waals surface area contributed by atoms with Gasteiger partial charge < -0.3 is 35.6 Å². The molecular weight excluding hydrogens is 729 g/mol. The average Bonchev–Trinajstić information content (AvgIpc) is 3.96. The normalized spacial score (nSPS) is 12.3. The lowest BCUT2D eigenvalue weighted by Gasteiger charge is -2.14. The minimum Gasteiger partial charge on any atom is -0.477 e. The third kappa shape index (κ3) is 8.66. The van der Waals surface area contributed by atoms with Crippen LogP contribution in [0.15, 0.2) is 108 Å². The molecule has 0 saturated carbocycles. The average molecular weight is 769 g/mol. The zero-order valence-corrected chi connectivity index (χ0v) is 31.7. The number of ether oxygens (including phenoxy) is 2. The maximum absolute atomic E-state index is 12.5. The third-order valence-electron chi connectivity index (χ3n) is 8.91. The van der Waals surface area contributed by atoms with Crippen LogP contribution in [0.4, 0.5) is 11.9 Å².